The molecule has 0 radical (unpaired) electrons. The molecule has 1 heterocycles. The predicted molar refractivity (Wildman–Crippen MR) is 59.3 cm³/mol. The predicted octanol–water partition coefficient (Wildman–Crippen LogP) is 2.73. The highest BCUT2D eigenvalue weighted by Gasteiger charge is 2.31. The minimum absolute atomic E-state index is 0.0115. The summed E-state index contributed by atoms with van der Waals surface area (Å²) in [6, 6.07) is -0.0299. The Balaban J connectivity index is 2.90. The number of aromatic nitrogens is 1. The number of methoxy groups -OCH3 is 1. The van der Waals surface area contributed by atoms with Crippen molar-refractivity contribution in [3.8, 4) is 0 Å². The van der Waals surface area contributed by atoms with Gasteiger partial charge in [0, 0.05) is 6.20 Å². The number of nitrogens with one attached hydrogen (secondary N) is 1. The molecule has 0 unspecified atom stereocenters. The Bertz CT molecular complexity index is 451. The molecule has 18 heavy (non-hydrogen) atoms. The lowest BCUT2D eigenvalue weighted by Gasteiger charge is -2.14. The fourth-order valence-corrected chi connectivity index (χ4v) is 1.36. The highest BCUT2D eigenvalue weighted by atomic mass is 35.5. The number of hydrogen-bond donors (Lipinski definition) is 1. The standard InChI is InChI=1S/C10H10ClF3N2O2/c1-5(9(17)18-2)16-8-7(11)3-6(4-15-8)10(12,13)14/h3-5H,1-2H3,(H,15,16)/t5-/m1/s1. The Morgan fingerprint density at radius 3 is 2.61 bits per heavy atom. The van der Waals surface area contributed by atoms with E-state index in [0.29, 0.717) is 6.20 Å². The van der Waals surface area contributed by atoms with Crippen LogP contribution in [0.15, 0.2) is 12.3 Å². The summed E-state index contributed by atoms with van der Waals surface area (Å²) in [5.74, 6) is -0.588. The number of anilines is 1. The van der Waals surface area contributed by atoms with E-state index in [2.05, 4.69) is 15.0 Å². The molecule has 0 aliphatic heterocycles. The van der Waals surface area contributed by atoms with Crippen molar-refractivity contribution in [1.29, 1.82) is 0 Å². The molecule has 1 atom stereocenters. The molecule has 0 aromatic carbocycles. The Hall–Kier alpha value is -1.50. The minimum Gasteiger partial charge on any atom is -0.467 e. The molecule has 0 spiro atoms. The van der Waals surface area contributed by atoms with Crippen LogP contribution in [0.4, 0.5) is 19.0 Å². The Morgan fingerprint density at radius 2 is 2.17 bits per heavy atom. The number of carbonyl (C=O) groups excluding carboxylic acids is 1. The van der Waals surface area contributed by atoms with Gasteiger partial charge in [0.15, 0.2) is 0 Å². The number of pyridine rings is 1. The van der Waals surface area contributed by atoms with Gasteiger partial charge in [0.25, 0.3) is 0 Å². The Morgan fingerprint density at radius 1 is 1.56 bits per heavy atom. The van der Waals surface area contributed by atoms with Gasteiger partial charge in [-0.3, -0.25) is 0 Å². The monoisotopic (exact) mass is 282 g/mol. The fraction of sp³-hybridized carbons (Fsp3) is 0.400. The maximum atomic E-state index is 12.4. The lowest BCUT2D eigenvalue weighted by Crippen LogP contribution is -2.27. The van der Waals surface area contributed by atoms with Gasteiger partial charge in [0.2, 0.25) is 0 Å². The molecule has 1 rings (SSSR count). The third kappa shape index (κ3) is 3.49. The first kappa shape index (κ1) is 14.6. The van der Waals surface area contributed by atoms with Crippen LogP contribution in [0, 0.1) is 0 Å². The normalized spacial score (nSPS) is 13.0. The number of hydrogen-bond acceptors (Lipinski definition) is 4. The van der Waals surface area contributed by atoms with Gasteiger partial charge in [-0.15, -0.1) is 0 Å². The number of esters is 1. The van der Waals surface area contributed by atoms with Crippen LogP contribution in [0.5, 0.6) is 0 Å². The van der Waals surface area contributed by atoms with Gasteiger partial charge in [-0.05, 0) is 13.0 Å². The molecule has 0 aliphatic carbocycles. The van der Waals surface area contributed by atoms with Crippen LogP contribution in [0.3, 0.4) is 0 Å². The third-order valence-electron chi connectivity index (χ3n) is 2.08. The molecule has 0 aliphatic rings. The summed E-state index contributed by atoms with van der Waals surface area (Å²) >= 11 is 5.65. The van der Waals surface area contributed by atoms with Gasteiger partial charge in [-0.2, -0.15) is 13.2 Å². The average molecular weight is 283 g/mol. The van der Waals surface area contributed by atoms with Crippen LogP contribution in [0.25, 0.3) is 0 Å². The average Bonchev–Trinajstić information content (AvgIpc) is 2.29. The second kappa shape index (κ2) is 5.43. The molecule has 1 N–H and O–H groups in total. The van der Waals surface area contributed by atoms with E-state index in [4.69, 9.17) is 11.6 Å². The van der Waals surface area contributed by atoms with Gasteiger partial charge in [-0.1, -0.05) is 11.6 Å². The molecule has 8 heteroatoms. The van der Waals surface area contributed by atoms with E-state index in [1.165, 1.54) is 14.0 Å². The summed E-state index contributed by atoms with van der Waals surface area (Å²) in [5.41, 5.74) is -0.955. The summed E-state index contributed by atoms with van der Waals surface area (Å²) < 4.78 is 41.5. The zero-order valence-electron chi connectivity index (χ0n) is 9.51. The van der Waals surface area contributed by atoms with E-state index in [1.54, 1.807) is 0 Å². The smallest absolute Gasteiger partial charge is 0.417 e. The van der Waals surface area contributed by atoms with E-state index >= 15 is 0 Å². The Labute approximate surface area is 106 Å². The molecule has 1 aromatic heterocycles. The maximum Gasteiger partial charge on any atom is 0.417 e. The number of carbonyl (C=O) groups is 1. The largest absolute Gasteiger partial charge is 0.467 e. The van der Waals surface area contributed by atoms with Crippen molar-refractivity contribution in [1.82, 2.24) is 4.98 Å². The van der Waals surface area contributed by atoms with Crippen molar-refractivity contribution in [2.75, 3.05) is 12.4 Å². The first-order valence-electron chi connectivity index (χ1n) is 4.82. The molecular weight excluding hydrogens is 273 g/mol. The second-order valence-electron chi connectivity index (χ2n) is 3.44. The number of ether oxygens (including phenoxy) is 1. The molecule has 0 saturated carbocycles. The zero-order chi connectivity index (χ0) is 13.9. The van der Waals surface area contributed by atoms with Crippen LogP contribution < -0.4 is 5.32 Å². The summed E-state index contributed by atoms with van der Waals surface area (Å²) in [7, 11) is 1.20. The summed E-state index contributed by atoms with van der Waals surface area (Å²) in [4.78, 5) is 14.6. The van der Waals surface area contributed by atoms with E-state index in [9.17, 15) is 18.0 Å². The van der Waals surface area contributed by atoms with Gasteiger partial charge < -0.3 is 10.1 Å². The topological polar surface area (TPSA) is 51.2 Å². The number of alkyl halides is 3. The SMILES string of the molecule is COC(=O)[C@@H](C)Nc1ncc(C(F)(F)F)cc1Cl. The van der Waals surface area contributed by atoms with Crippen LogP contribution in [-0.4, -0.2) is 24.1 Å². The lowest BCUT2D eigenvalue weighted by atomic mass is 10.2. The Kier molecular flexibility index (Phi) is 4.39. The quantitative estimate of drug-likeness (QED) is 0.866. The molecule has 100 valence electrons. The zero-order valence-corrected chi connectivity index (χ0v) is 10.3. The summed E-state index contributed by atoms with van der Waals surface area (Å²) in [5, 5.41) is 2.33. The van der Waals surface area contributed by atoms with Crippen LogP contribution in [-0.2, 0) is 15.7 Å². The highest BCUT2D eigenvalue weighted by Crippen LogP contribution is 2.32. The van der Waals surface area contributed by atoms with Crippen LogP contribution in [0.2, 0.25) is 5.02 Å². The first-order valence-corrected chi connectivity index (χ1v) is 5.20. The van der Waals surface area contributed by atoms with Crippen molar-refractivity contribution < 1.29 is 22.7 Å². The number of halogens is 4. The molecule has 0 saturated heterocycles. The van der Waals surface area contributed by atoms with E-state index < -0.39 is 23.8 Å². The van der Waals surface area contributed by atoms with Crippen molar-refractivity contribution in [2.24, 2.45) is 0 Å². The van der Waals surface area contributed by atoms with E-state index in [-0.39, 0.29) is 10.8 Å². The summed E-state index contributed by atoms with van der Waals surface area (Å²) in [6.45, 7) is 1.47. The van der Waals surface area contributed by atoms with E-state index in [1.807, 2.05) is 0 Å². The molecule has 0 amide bonds. The molecule has 0 fully saturated rings. The van der Waals surface area contributed by atoms with Gasteiger partial charge in [0.1, 0.15) is 11.9 Å². The molecule has 0 bridgehead atoms. The third-order valence-corrected chi connectivity index (χ3v) is 2.36. The van der Waals surface area contributed by atoms with Gasteiger partial charge >= 0.3 is 12.1 Å². The number of rotatable bonds is 3. The highest BCUT2D eigenvalue weighted by molar-refractivity contribution is 6.33. The first-order chi connectivity index (χ1) is 8.25. The summed E-state index contributed by atoms with van der Waals surface area (Å²) in [6.07, 6.45) is -3.87. The van der Waals surface area contributed by atoms with Crippen molar-refractivity contribution in [3.05, 3.63) is 22.8 Å². The molecule has 4 nitrogen and oxygen atoms in total. The molecule has 1 aromatic rings. The van der Waals surface area contributed by atoms with Crippen LogP contribution in [0.1, 0.15) is 12.5 Å². The van der Waals surface area contributed by atoms with E-state index in [0.717, 1.165) is 6.07 Å². The van der Waals surface area contributed by atoms with Crippen molar-refractivity contribution in [3.63, 3.8) is 0 Å². The van der Waals surface area contributed by atoms with Crippen molar-refractivity contribution in [2.45, 2.75) is 19.1 Å². The minimum atomic E-state index is -4.51. The fourth-order valence-electron chi connectivity index (χ4n) is 1.14. The number of nitrogens with zero attached hydrogens (tertiary/aromatic N) is 1. The lowest BCUT2D eigenvalue weighted by molar-refractivity contribution is -0.141. The van der Waals surface area contributed by atoms with Gasteiger partial charge in [-0.25, -0.2) is 9.78 Å². The maximum absolute atomic E-state index is 12.4. The second-order valence-corrected chi connectivity index (χ2v) is 3.85. The molecular formula is C10H10ClF3N2O2. The van der Waals surface area contributed by atoms with Crippen LogP contribution >= 0.6 is 11.6 Å². The van der Waals surface area contributed by atoms with Crippen molar-refractivity contribution >= 4 is 23.4 Å². The van der Waals surface area contributed by atoms with Gasteiger partial charge in [0.05, 0.1) is 17.7 Å².